The van der Waals surface area contributed by atoms with Crippen molar-refractivity contribution >= 4 is 28.3 Å². The average molecular weight is 484 g/mol. The molecular weight excluding hydrogens is 450 g/mol. The quantitative estimate of drug-likeness (QED) is 0.291. The van der Waals surface area contributed by atoms with E-state index >= 15 is 0 Å². The molecule has 2 heterocycles. The van der Waals surface area contributed by atoms with Gasteiger partial charge in [-0.15, -0.1) is 0 Å². The van der Waals surface area contributed by atoms with Gasteiger partial charge in [-0.05, 0) is 87.3 Å². The Morgan fingerprint density at radius 3 is 2.50 bits per heavy atom. The van der Waals surface area contributed by atoms with Gasteiger partial charge in [0, 0.05) is 42.1 Å². The molecule has 1 unspecified atom stereocenters. The van der Waals surface area contributed by atoms with E-state index in [9.17, 15) is 4.79 Å². The van der Waals surface area contributed by atoms with Gasteiger partial charge in [0.25, 0.3) is 0 Å². The third-order valence-electron chi connectivity index (χ3n) is 6.68. The second-order valence-electron chi connectivity index (χ2n) is 9.42. The Morgan fingerprint density at radius 1 is 0.944 bits per heavy atom. The van der Waals surface area contributed by atoms with Gasteiger partial charge in [0.2, 0.25) is 0 Å². The van der Waals surface area contributed by atoms with Crippen molar-refractivity contribution in [2.75, 3.05) is 23.7 Å². The summed E-state index contributed by atoms with van der Waals surface area (Å²) in [4.78, 5) is 15.1. The average Bonchev–Trinajstić information content (AvgIpc) is 3.29. The molecule has 0 radical (unpaired) electrons. The maximum atomic E-state index is 12.5. The first kappa shape index (κ1) is 23.9. The summed E-state index contributed by atoms with van der Waals surface area (Å²) in [5.41, 5.74) is 2.26. The molecule has 1 aliphatic heterocycles. The highest BCUT2D eigenvalue weighted by Gasteiger charge is 2.17. The number of fused-ring (bicyclic) bond motifs is 1. The number of anilines is 2. The van der Waals surface area contributed by atoms with Gasteiger partial charge in [-0.2, -0.15) is 5.10 Å². The number of nitrogens with one attached hydrogen (secondary N) is 2. The Labute approximate surface area is 212 Å². The van der Waals surface area contributed by atoms with Crippen molar-refractivity contribution in [1.29, 1.82) is 0 Å². The van der Waals surface area contributed by atoms with Gasteiger partial charge in [-0.25, -0.2) is 4.79 Å². The summed E-state index contributed by atoms with van der Waals surface area (Å²) in [6.07, 6.45) is 7.14. The van der Waals surface area contributed by atoms with Crippen molar-refractivity contribution in [2.24, 2.45) is 0 Å². The summed E-state index contributed by atoms with van der Waals surface area (Å²) < 4.78 is 7.81. The molecule has 1 aromatic heterocycles. The van der Waals surface area contributed by atoms with Gasteiger partial charge >= 0.3 is 6.03 Å². The molecule has 0 bridgehead atoms. The van der Waals surface area contributed by atoms with Gasteiger partial charge in [0.1, 0.15) is 11.5 Å². The van der Waals surface area contributed by atoms with E-state index in [0.29, 0.717) is 23.2 Å². The minimum absolute atomic E-state index is 0.304. The lowest BCUT2D eigenvalue weighted by Gasteiger charge is -2.33. The summed E-state index contributed by atoms with van der Waals surface area (Å²) >= 11 is 0. The van der Waals surface area contributed by atoms with Crippen LogP contribution in [-0.4, -0.2) is 39.8 Å². The molecule has 1 atom stereocenters. The Bertz CT molecular complexity index is 1290. The zero-order valence-corrected chi connectivity index (χ0v) is 20.7. The Hall–Kier alpha value is -3.84. The van der Waals surface area contributed by atoms with Crippen LogP contribution in [0.3, 0.4) is 0 Å². The van der Waals surface area contributed by atoms with Gasteiger partial charge < -0.3 is 20.3 Å². The number of para-hydroxylation sites is 1. The molecule has 3 aromatic carbocycles. The first-order chi connectivity index (χ1) is 17.6. The van der Waals surface area contributed by atoms with Gasteiger partial charge in [0.15, 0.2) is 0 Å². The lowest BCUT2D eigenvalue weighted by atomic mass is 10.0. The molecule has 0 spiro atoms. The first-order valence-corrected chi connectivity index (χ1v) is 12.7. The van der Waals surface area contributed by atoms with Crippen LogP contribution in [0.15, 0.2) is 79.0 Å². The van der Waals surface area contributed by atoms with Gasteiger partial charge in [-0.1, -0.05) is 24.6 Å². The highest BCUT2D eigenvalue weighted by Crippen LogP contribution is 2.23. The van der Waals surface area contributed by atoms with Crippen LogP contribution in [-0.2, 0) is 6.54 Å². The van der Waals surface area contributed by atoms with Crippen molar-refractivity contribution in [3.8, 4) is 11.5 Å². The van der Waals surface area contributed by atoms with Crippen molar-refractivity contribution in [2.45, 2.75) is 45.2 Å². The molecule has 5 rings (SSSR count). The monoisotopic (exact) mass is 483 g/mol. The number of nitrogens with zero attached hydrogens (tertiary/aromatic N) is 3. The molecule has 186 valence electrons. The van der Waals surface area contributed by atoms with Crippen molar-refractivity contribution in [1.82, 2.24) is 14.7 Å². The third-order valence-corrected chi connectivity index (χ3v) is 6.68. The number of likely N-dealkylation sites (tertiary alicyclic amines) is 1. The van der Waals surface area contributed by atoms with Crippen LogP contribution in [0.5, 0.6) is 11.5 Å². The minimum Gasteiger partial charge on any atom is -0.457 e. The lowest BCUT2D eigenvalue weighted by molar-refractivity contribution is 0.156. The molecular formula is C29H33N5O2. The predicted octanol–water partition coefficient (Wildman–Crippen LogP) is 6.74. The summed E-state index contributed by atoms with van der Waals surface area (Å²) in [6, 6.07) is 23.1. The first-order valence-electron chi connectivity index (χ1n) is 12.7. The maximum Gasteiger partial charge on any atom is 0.323 e. The van der Waals surface area contributed by atoms with E-state index in [4.69, 9.17) is 9.84 Å². The van der Waals surface area contributed by atoms with E-state index in [2.05, 4.69) is 28.7 Å². The number of hydrogen-bond donors (Lipinski definition) is 2. The number of ether oxygens (including phenoxy) is 1. The highest BCUT2D eigenvalue weighted by molar-refractivity contribution is 6.00. The fourth-order valence-corrected chi connectivity index (χ4v) is 4.71. The van der Waals surface area contributed by atoms with Crippen molar-refractivity contribution < 1.29 is 9.53 Å². The van der Waals surface area contributed by atoms with Crippen LogP contribution in [0.2, 0.25) is 0 Å². The number of carbonyl (C=O) groups is 1. The van der Waals surface area contributed by atoms with Crippen LogP contribution < -0.4 is 15.4 Å². The van der Waals surface area contributed by atoms with Crippen molar-refractivity contribution in [3.63, 3.8) is 0 Å². The topological polar surface area (TPSA) is 71.4 Å². The zero-order valence-electron chi connectivity index (χ0n) is 20.7. The molecule has 1 aliphatic rings. The summed E-state index contributed by atoms with van der Waals surface area (Å²) in [5.74, 6) is 1.48. The van der Waals surface area contributed by atoms with Crippen LogP contribution in [0.4, 0.5) is 16.2 Å². The van der Waals surface area contributed by atoms with Crippen LogP contribution in [0.1, 0.15) is 32.6 Å². The highest BCUT2D eigenvalue weighted by atomic mass is 16.5. The lowest BCUT2D eigenvalue weighted by Crippen LogP contribution is -2.38. The summed E-state index contributed by atoms with van der Waals surface area (Å²) in [5, 5.41) is 11.6. The molecule has 0 aliphatic carbocycles. The molecule has 1 saturated heterocycles. The molecule has 36 heavy (non-hydrogen) atoms. The number of urea groups is 1. The summed E-state index contributed by atoms with van der Waals surface area (Å²) in [7, 11) is 0. The second kappa shape index (κ2) is 11.3. The predicted molar refractivity (Wildman–Crippen MR) is 145 cm³/mol. The minimum atomic E-state index is -0.304. The van der Waals surface area contributed by atoms with E-state index in [0.717, 1.165) is 36.2 Å². The Balaban J connectivity index is 1.13. The molecule has 0 saturated carbocycles. The fraction of sp³-hybridized carbons (Fsp3) is 0.310. The normalized spacial score (nSPS) is 16.1. The third kappa shape index (κ3) is 6.23. The van der Waals surface area contributed by atoms with E-state index in [1.165, 1.54) is 25.8 Å². The molecule has 4 aromatic rings. The largest absolute Gasteiger partial charge is 0.457 e. The number of aryl methyl sites for hydroxylation is 1. The van der Waals surface area contributed by atoms with E-state index in [1.54, 1.807) is 0 Å². The number of hydrogen-bond acceptors (Lipinski definition) is 4. The molecule has 2 amide bonds. The standard InChI is InChI=1S/C29H33N5O2/c1-22-8-5-6-17-33(22)18-7-19-34-21-23-11-12-25(20-28(23)32-34)31-29(35)30-24-13-15-27(16-14-24)36-26-9-3-2-4-10-26/h2-4,9-16,20-22H,5-8,17-19H2,1H3,(H2,30,31,35). The number of aromatic nitrogens is 2. The van der Waals surface area contributed by atoms with E-state index in [-0.39, 0.29) is 6.03 Å². The molecule has 1 fully saturated rings. The van der Waals surface area contributed by atoms with E-state index < -0.39 is 0 Å². The van der Waals surface area contributed by atoms with Crippen LogP contribution >= 0.6 is 0 Å². The Morgan fingerprint density at radius 2 is 1.69 bits per heavy atom. The zero-order chi connectivity index (χ0) is 24.7. The Kier molecular flexibility index (Phi) is 7.47. The number of benzene rings is 3. The fourth-order valence-electron chi connectivity index (χ4n) is 4.71. The molecule has 7 nitrogen and oxygen atoms in total. The van der Waals surface area contributed by atoms with Crippen molar-refractivity contribution in [3.05, 3.63) is 79.0 Å². The van der Waals surface area contributed by atoms with Crippen LogP contribution in [0, 0.1) is 0 Å². The van der Waals surface area contributed by atoms with Gasteiger partial charge in [0.05, 0.1) is 5.52 Å². The second-order valence-corrected chi connectivity index (χ2v) is 9.42. The SMILES string of the molecule is CC1CCCCN1CCCn1cc2ccc(NC(=O)Nc3ccc(Oc4ccccc4)cc3)cc2n1. The summed E-state index contributed by atoms with van der Waals surface area (Å²) in [6.45, 7) is 5.56. The maximum absolute atomic E-state index is 12.5. The van der Waals surface area contributed by atoms with E-state index in [1.807, 2.05) is 77.5 Å². The number of rotatable bonds is 8. The number of amides is 2. The smallest absolute Gasteiger partial charge is 0.323 e. The number of carbonyl (C=O) groups excluding carboxylic acids is 1. The molecule has 2 N–H and O–H groups in total. The van der Waals surface area contributed by atoms with Gasteiger partial charge in [-0.3, -0.25) is 4.68 Å². The number of piperidine rings is 1. The van der Waals surface area contributed by atoms with Crippen LogP contribution in [0.25, 0.3) is 10.9 Å². The molecule has 7 heteroatoms.